The molecule has 23 heavy (non-hydrogen) atoms. The van der Waals surface area contributed by atoms with Crippen molar-refractivity contribution in [3.05, 3.63) is 22.5 Å². The molecular weight excluding hydrogens is 319 g/mol. The molecule has 0 amide bonds. The molecule has 2 rings (SSSR count). The summed E-state index contributed by atoms with van der Waals surface area (Å²) in [6.07, 6.45) is -6.20. The van der Waals surface area contributed by atoms with Gasteiger partial charge in [0, 0.05) is 0 Å². The molecule has 1 aliphatic heterocycles. The number of rotatable bonds is 2. The highest BCUT2D eigenvalue weighted by atomic mass is 19.1. The number of alkyl halides is 2. The third-order valence-corrected chi connectivity index (χ3v) is 3.40. The molecule has 1 aromatic heterocycles. The van der Waals surface area contributed by atoms with Gasteiger partial charge in [-0.3, -0.25) is 4.57 Å². The molecule has 1 fully saturated rings. The number of nitrogens with zero attached hydrogens (tertiary/aromatic N) is 2. The van der Waals surface area contributed by atoms with E-state index in [0.29, 0.717) is 10.8 Å². The van der Waals surface area contributed by atoms with Crippen molar-refractivity contribution in [1.29, 1.82) is 0 Å². The number of aromatic nitrogens is 2. The summed E-state index contributed by atoms with van der Waals surface area (Å²) in [5, 5.41) is 19.6. The molecule has 0 aliphatic carbocycles. The fourth-order valence-corrected chi connectivity index (χ4v) is 2.28. The Morgan fingerprint density at radius 3 is 2.87 bits per heavy atom. The molecule has 1 aliphatic rings. The standard InChI is InChI=1S/C13H14F3N3O4/c1-6(20)8-9(21)13(16,3-2-4-14)11(23-8)19-5-7(15)10(17)18-12(19)22/h5-6,8-9,11,20-21H,4H2,1H3,(H2,17,18,22)/t6-,8-,9+,11-,13?/m1/s1. The van der Waals surface area contributed by atoms with Gasteiger partial charge in [-0.05, 0) is 6.92 Å². The second kappa shape index (κ2) is 6.19. The van der Waals surface area contributed by atoms with Gasteiger partial charge in [0.2, 0.25) is 5.67 Å². The van der Waals surface area contributed by atoms with Gasteiger partial charge in [-0.25, -0.2) is 18.0 Å². The van der Waals surface area contributed by atoms with Crippen LogP contribution >= 0.6 is 0 Å². The summed E-state index contributed by atoms with van der Waals surface area (Å²) in [5.74, 6) is 1.81. The number of nitrogen functional groups attached to an aromatic ring is 1. The lowest BCUT2D eigenvalue weighted by molar-refractivity contribution is -0.0805. The van der Waals surface area contributed by atoms with Crippen LogP contribution in [-0.2, 0) is 4.74 Å². The predicted molar refractivity (Wildman–Crippen MR) is 72.1 cm³/mol. The van der Waals surface area contributed by atoms with E-state index in [1.807, 2.05) is 5.92 Å². The first kappa shape index (κ1) is 17.3. The molecule has 4 N–H and O–H groups in total. The molecule has 0 saturated carbocycles. The Balaban J connectivity index is 2.58. The lowest BCUT2D eigenvalue weighted by Gasteiger charge is -2.24. The fraction of sp³-hybridized carbons (Fsp3) is 0.538. The summed E-state index contributed by atoms with van der Waals surface area (Å²) in [5.41, 5.74) is 1.03. The van der Waals surface area contributed by atoms with Gasteiger partial charge in [-0.15, -0.1) is 0 Å². The van der Waals surface area contributed by atoms with Gasteiger partial charge >= 0.3 is 5.69 Å². The van der Waals surface area contributed by atoms with E-state index < -0.39 is 54.2 Å². The van der Waals surface area contributed by atoms with Crippen molar-refractivity contribution in [3.8, 4) is 11.8 Å². The number of aliphatic hydroxyl groups is 2. The van der Waals surface area contributed by atoms with Gasteiger partial charge in [0.25, 0.3) is 0 Å². The summed E-state index contributed by atoms with van der Waals surface area (Å²) in [7, 11) is 0. The fourth-order valence-electron chi connectivity index (χ4n) is 2.28. The average Bonchev–Trinajstić information content (AvgIpc) is 2.74. The molecule has 0 bridgehead atoms. The zero-order valence-corrected chi connectivity index (χ0v) is 11.9. The number of anilines is 1. The maximum absolute atomic E-state index is 15.1. The number of aliphatic hydroxyl groups excluding tert-OH is 2. The molecule has 0 radical (unpaired) electrons. The van der Waals surface area contributed by atoms with Crippen LogP contribution in [0, 0.1) is 17.7 Å². The highest BCUT2D eigenvalue weighted by Crippen LogP contribution is 2.41. The molecule has 0 spiro atoms. The van der Waals surface area contributed by atoms with Crippen molar-refractivity contribution in [2.24, 2.45) is 0 Å². The van der Waals surface area contributed by atoms with Crippen LogP contribution < -0.4 is 11.4 Å². The first-order chi connectivity index (χ1) is 10.7. The van der Waals surface area contributed by atoms with Crippen molar-refractivity contribution in [2.75, 3.05) is 12.4 Å². The summed E-state index contributed by atoms with van der Waals surface area (Å²) in [4.78, 5) is 15.0. The number of hydrogen-bond donors (Lipinski definition) is 3. The maximum Gasteiger partial charge on any atom is 0.351 e. The van der Waals surface area contributed by atoms with E-state index in [4.69, 9.17) is 10.5 Å². The molecule has 0 aromatic carbocycles. The average molecular weight is 333 g/mol. The smallest absolute Gasteiger partial charge is 0.351 e. The largest absolute Gasteiger partial charge is 0.391 e. The van der Waals surface area contributed by atoms with Gasteiger partial charge in [-0.2, -0.15) is 4.98 Å². The van der Waals surface area contributed by atoms with E-state index in [2.05, 4.69) is 4.98 Å². The highest BCUT2D eigenvalue weighted by Gasteiger charge is 2.59. The maximum atomic E-state index is 15.1. The van der Waals surface area contributed by atoms with Crippen LogP contribution in [0.1, 0.15) is 13.2 Å². The molecule has 2 heterocycles. The molecule has 1 aromatic rings. The quantitative estimate of drug-likeness (QED) is 0.617. The number of hydrogen-bond acceptors (Lipinski definition) is 6. The zero-order chi connectivity index (χ0) is 17.4. The van der Waals surface area contributed by atoms with Gasteiger partial charge in [-0.1, -0.05) is 11.8 Å². The van der Waals surface area contributed by atoms with Crippen molar-refractivity contribution < 1.29 is 28.1 Å². The van der Waals surface area contributed by atoms with Crippen LogP contribution in [0.5, 0.6) is 0 Å². The number of ether oxygens (including phenoxy) is 1. The van der Waals surface area contributed by atoms with Crippen LogP contribution in [0.15, 0.2) is 11.0 Å². The Hall–Kier alpha value is -2.09. The van der Waals surface area contributed by atoms with Crippen LogP contribution in [0.25, 0.3) is 0 Å². The Kier molecular flexibility index (Phi) is 4.65. The number of halogens is 3. The van der Waals surface area contributed by atoms with E-state index in [-0.39, 0.29) is 0 Å². The van der Waals surface area contributed by atoms with Crippen LogP contribution in [0.2, 0.25) is 0 Å². The number of nitrogens with two attached hydrogens (primary N) is 1. The molecule has 1 saturated heterocycles. The Bertz CT molecular complexity index is 715. The van der Waals surface area contributed by atoms with Gasteiger partial charge in [0.1, 0.15) is 18.9 Å². The lowest BCUT2D eigenvalue weighted by atomic mass is 9.94. The minimum atomic E-state index is -2.96. The van der Waals surface area contributed by atoms with Crippen LogP contribution in [-0.4, -0.2) is 50.4 Å². The van der Waals surface area contributed by atoms with Crippen LogP contribution in [0.3, 0.4) is 0 Å². The minimum Gasteiger partial charge on any atom is -0.391 e. The summed E-state index contributed by atoms with van der Waals surface area (Å²) in [6.45, 7) is -0.00242. The van der Waals surface area contributed by atoms with E-state index in [9.17, 15) is 23.8 Å². The van der Waals surface area contributed by atoms with E-state index in [0.717, 1.165) is 0 Å². The SMILES string of the molecule is C[C@@H](O)[C@H]1O[C@@H](n2cc(F)c(N)nc2=O)C(F)(C#CCF)[C@H]1O. The topological polar surface area (TPSA) is 111 Å². The molecular formula is C13H14F3N3O4. The molecule has 1 unspecified atom stereocenters. The molecule has 5 atom stereocenters. The normalized spacial score (nSPS) is 31.5. The summed E-state index contributed by atoms with van der Waals surface area (Å²) in [6, 6.07) is 0. The molecule has 126 valence electrons. The van der Waals surface area contributed by atoms with Gasteiger partial charge < -0.3 is 20.7 Å². The van der Waals surface area contributed by atoms with E-state index in [1.54, 1.807) is 5.92 Å². The highest BCUT2D eigenvalue weighted by molar-refractivity contribution is 5.28. The van der Waals surface area contributed by atoms with Crippen molar-refractivity contribution in [2.45, 2.75) is 37.1 Å². The Labute approximate surface area is 128 Å². The van der Waals surface area contributed by atoms with Gasteiger partial charge in [0.15, 0.2) is 17.9 Å². The monoisotopic (exact) mass is 333 g/mol. The van der Waals surface area contributed by atoms with Crippen molar-refractivity contribution in [3.63, 3.8) is 0 Å². The first-order valence-corrected chi connectivity index (χ1v) is 6.53. The second-order valence-corrected chi connectivity index (χ2v) is 5.01. The minimum absolute atomic E-state index is 0.407. The van der Waals surface area contributed by atoms with E-state index >= 15 is 4.39 Å². The molecule has 10 heteroatoms. The zero-order valence-electron chi connectivity index (χ0n) is 11.9. The van der Waals surface area contributed by atoms with Crippen molar-refractivity contribution in [1.82, 2.24) is 9.55 Å². The van der Waals surface area contributed by atoms with Crippen molar-refractivity contribution >= 4 is 5.82 Å². The lowest BCUT2D eigenvalue weighted by Crippen LogP contribution is -2.45. The summed E-state index contributed by atoms with van der Waals surface area (Å²) < 4.78 is 46.4. The third-order valence-electron chi connectivity index (χ3n) is 3.40. The first-order valence-electron chi connectivity index (χ1n) is 6.53. The van der Waals surface area contributed by atoms with Crippen LogP contribution in [0.4, 0.5) is 19.0 Å². The third kappa shape index (κ3) is 2.90. The summed E-state index contributed by atoms with van der Waals surface area (Å²) >= 11 is 0. The Morgan fingerprint density at radius 1 is 1.65 bits per heavy atom. The molecule has 7 nitrogen and oxygen atoms in total. The second-order valence-electron chi connectivity index (χ2n) is 5.01. The predicted octanol–water partition coefficient (Wildman–Crippen LogP) is -0.715. The van der Waals surface area contributed by atoms with E-state index in [1.165, 1.54) is 6.92 Å². The van der Waals surface area contributed by atoms with Gasteiger partial charge in [0.05, 0.1) is 12.3 Å². The Morgan fingerprint density at radius 2 is 2.30 bits per heavy atom.